The van der Waals surface area contributed by atoms with Crippen LogP contribution in [-0.4, -0.2) is 51.1 Å². The lowest BCUT2D eigenvalue weighted by atomic mass is 10.1. The van der Waals surface area contributed by atoms with Gasteiger partial charge < -0.3 is 9.47 Å². The Labute approximate surface area is 186 Å². The number of carbonyl (C=O) groups is 3. The van der Waals surface area contributed by atoms with E-state index >= 15 is 0 Å². The normalized spacial score (nSPS) is 18.7. The number of rotatable bonds is 4. The van der Waals surface area contributed by atoms with Gasteiger partial charge in [-0.3, -0.25) is 19.3 Å². The minimum atomic E-state index is -0.397. The highest BCUT2D eigenvalue weighted by molar-refractivity contribution is 8.18. The zero-order valence-corrected chi connectivity index (χ0v) is 18.8. The van der Waals surface area contributed by atoms with Crippen molar-refractivity contribution in [3.05, 3.63) is 58.3 Å². The number of amides is 3. The Morgan fingerprint density at radius 1 is 1.06 bits per heavy atom. The summed E-state index contributed by atoms with van der Waals surface area (Å²) in [7, 11) is 0. The highest BCUT2D eigenvalue weighted by Crippen LogP contribution is 2.33. The molecule has 0 unspecified atom stereocenters. The van der Waals surface area contributed by atoms with Gasteiger partial charge in [-0.25, -0.2) is 0 Å². The van der Waals surface area contributed by atoms with E-state index in [4.69, 9.17) is 0 Å². The number of hydrogen-bond donors (Lipinski definition) is 0. The van der Waals surface area contributed by atoms with Crippen LogP contribution < -0.4 is 0 Å². The van der Waals surface area contributed by atoms with Crippen LogP contribution in [-0.2, 0) is 9.59 Å². The van der Waals surface area contributed by atoms with Crippen molar-refractivity contribution in [2.45, 2.75) is 39.5 Å². The largest absolute Gasteiger partial charge is 0.341 e. The van der Waals surface area contributed by atoms with Crippen LogP contribution >= 0.6 is 11.8 Å². The van der Waals surface area contributed by atoms with Crippen LogP contribution in [0.15, 0.2) is 41.4 Å². The lowest BCUT2D eigenvalue weighted by Gasteiger charge is -2.22. The van der Waals surface area contributed by atoms with Crippen LogP contribution in [0.25, 0.3) is 11.8 Å². The molecule has 0 atom stereocenters. The molecule has 7 heteroatoms. The summed E-state index contributed by atoms with van der Waals surface area (Å²) < 4.78 is 2.01. The number of benzene rings is 1. The number of imide groups is 1. The minimum absolute atomic E-state index is 0.149. The molecule has 0 aliphatic carbocycles. The highest BCUT2D eigenvalue weighted by atomic mass is 32.2. The molecule has 4 rings (SSSR count). The van der Waals surface area contributed by atoms with Gasteiger partial charge in [0.25, 0.3) is 11.1 Å². The summed E-state index contributed by atoms with van der Waals surface area (Å²) in [6, 6.07) is 10.0. The zero-order chi connectivity index (χ0) is 22.0. The molecule has 0 N–H and O–H groups in total. The molecule has 1 aromatic carbocycles. The predicted molar refractivity (Wildman–Crippen MR) is 123 cm³/mol. The average Bonchev–Trinajstić information content (AvgIpc) is 3.15. The SMILES string of the molecule is Cc1ccc(-n2cccc2C=C2SC(=O)N(CC(=O)N3CCCCCC3)C2=O)c(C)c1. The van der Waals surface area contributed by atoms with Crippen LogP contribution in [0.2, 0.25) is 0 Å². The number of carbonyl (C=O) groups excluding carboxylic acids is 3. The molecular formula is C24H27N3O3S. The Morgan fingerprint density at radius 2 is 1.81 bits per heavy atom. The molecule has 6 nitrogen and oxygen atoms in total. The fourth-order valence-corrected chi connectivity index (χ4v) is 4.96. The molecule has 1 aromatic heterocycles. The van der Waals surface area contributed by atoms with Crippen molar-refractivity contribution in [2.24, 2.45) is 0 Å². The summed E-state index contributed by atoms with van der Waals surface area (Å²) >= 11 is 0.898. The number of aromatic nitrogens is 1. The van der Waals surface area contributed by atoms with Crippen molar-refractivity contribution in [3.63, 3.8) is 0 Å². The van der Waals surface area contributed by atoms with Crippen molar-refractivity contribution in [1.82, 2.24) is 14.4 Å². The van der Waals surface area contributed by atoms with Gasteiger partial charge in [-0.05, 0) is 68.3 Å². The third kappa shape index (κ3) is 4.61. The fraction of sp³-hybridized carbons (Fsp3) is 0.375. The Kier molecular flexibility index (Phi) is 6.32. The molecule has 31 heavy (non-hydrogen) atoms. The van der Waals surface area contributed by atoms with Crippen molar-refractivity contribution in [3.8, 4) is 5.69 Å². The Balaban J connectivity index is 1.53. The van der Waals surface area contributed by atoms with Crippen LogP contribution in [0.3, 0.4) is 0 Å². The molecule has 0 radical (unpaired) electrons. The molecule has 2 aromatic rings. The van der Waals surface area contributed by atoms with Gasteiger partial charge in [0.1, 0.15) is 6.54 Å². The maximum Gasteiger partial charge on any atom is 0.294 e. The van der Waals surface area contributed by atoms with Gasteiger partial charge in [0.2, 0.25) is 5.91 Å². The number of nitrogens with zero attached hydrogens (tertiary/aromatic N) is 3. The first-order valence-electron chi connectivity index (χ1n) is 10.7. The maximum absolute atomic E-state index is 12.9. The summed E-state index contributed by atoms with van der Waals surface area (Å²) in [6.07, 6.45) is 7.87. The fourth-order valence-electron chi connectivity index (χ4n) is 4.13. The first-order chi connectivity index (χ1) is 14.9. The lowest BCUT2D eigenvalue weighted by molar-refractivity contribution is -0.135. The molecular weight excluding hydrogens is 410 g/mol. The maximum atomic E-state index is 12.9. The molecule has 2 aliphatic rings. The number of thioether (sulfide) groups is 1. The first-order valence-corrected chi connectivity index (χ1v) is 11.5. The third-order valence-electron chi connectivity index (χ3n) is 5.80. The van der Waals surface area contributed by atoms with E-state index in [-0.39, 0.29) is 17.7 Å². The molecule has 162 valence electrons. The van der Waals surface area contributed by atoms with Crippen LogP contribution in [0.4, 0.5) is 4.79 Å². The smallest absolute Gasteiger partial charge is 0.294 e. The molecule has 0 bridgehead atoms. The third-order valence-corrected chi connectivity index (χ3v) is 6.70. The van der Waals surface area contributed by atoms with Crippen molar-refractivity contribution in [2.75, 3.05) is 19.6 Å². The molecule has 3 heterocycles. The summed E-state index contributed by atoms with van der Waals surface area (Å²) in [4.78, 5) is 41.3. The minimum Gasteiger partial charge on any atom is -0.341 e. The average molecular weight is 438 g/mol. The second-order valence-corrected chi connectivity index (χ2v) is 9.15. The quantitative estimate of drug-likeness (QED) is 0.659. The van der Waals surface area contributed by atoms with Crippen LogP contribution in [0, 0.1) is 13.8 Å². The standard InChI is InChI=1S/C24H27N3O3S/c1-17-9-10-20(18(2)14-17)26-13-7-8-19(26)15-21-23(29)27(24(30)31-21)16-22(28)25-11-5-3-4-6-12-25/h7-10,13-15H,3-6,11-12,16H2,1-2H3. The number of hydrogen-bond acceptors (Lipinski definition) is 4. The molecule has 3 amide bonds. The van der Waals surface area contributed by atoms with E-state index in [1.807, 2.05) is 29.0 Å². The second-order valence-electron chi connectivity index (χ2n) is 8.16. The molecule has 0 saturated carbocycles. The van der Waals surface area contributed by atoms with Crippen molar-refractivity contribution in [1.29, 1.82) is 0 Å². The van der Waals surface area contributed by atoms with Crippen LogP contribution in [0.5, 0.6) is 0 Å². The molecule has 0 spiro atoms. The van der Waals surface area contributed by atoms with Gasteiger partial charge in [0.05, 0.1) is 4.91 Å². The topological polar surface area (TPSA) is 62.6 Å². The zero-order valence-electron chi connectivity index (χ0n) is 18.0. The summed E-state index contributed by atoms with van der Waals surface area (Å²) in [6.45, 7) is 5.33. The monoisotopic (exact) mass is 437 g/mol. The van der Waals surface area contributed by atoms with E-state index in [1.54, 1.807) is 11.0 Å². The highest BCUT2D eigenvalue weighted by Gasteiger charge is 2.37. The van der Waals surface area contributed by atoms with Gasteiger partial charge in [-0.15, -0.1) is 0 Å². The van der Waals surface area contributed by atoms with Gasteiger partial charge >= 0.3 is 0 Å². The van der Waals surface area contributed by atoms with Crippen molar-refractivity contribution >= 4 is 34.9 Å². The second kappa shape index (κ2) is 9.14. The van der Waals surface area contributed by atoms with Gasteiger partial charge in [-0.2, -0.15) is 0 Å². The van der Waals surface area contributed by atoms with Crippen LogP contribution in [0.1, 0.15) is 42.5 Å². The molecule has 2 fully saturated rings. The van der Waals surface area contributed by atoms with E-state index in [1.165, 1.54) is 5.56 Å². The molecule has 2 saturated heterocycles. The van der Waals surface area contributed by atoms with Gasteiger partial charge in [0.15, 0.2) is 0 Å². The van der Waals surface area contributed by atoms with E-state index in [9.17, 15) is 14.4 Å². The lowest BCUT2D eigenvalue weighted by Crippen LogP contribution is -2.42. The van der Waals surface area contributed by atoms with E-state index in [0.29, 0.717) is 18.0 Å². The Hall–Kier alpha value is -2.80. The summed E-state index contributed by atoms with van der Waals surface area (Å²) in [5, 5.41) is -0.385. The Bertz CT molecular complexity index is 1050. The van der Waals surface area contributed by atoms with Crippen molar-refractivity contribution < 1.29 is 14.4 Å². The Morgan fingerprint density at radius 3 is 2.52 bits per heavy atom. The van der Waals surface area contributed by atoms with E-state index < -0.39 is 5.91 Å². The van der Waals surface area contributed by atoms with Gasteiger partial charge in [-0.1, -0.05) is 30.5 Å². The predicted octanol–water partition coefficient (Wildman–Crippen LogP) is 4.53. The molecule has 2 aliphatic heterocycles. The van der Waals surface area contributed by atoms with Gasteiger partial charge in [0, 0.05) is 30.7 Å². The van der Waals surface area contributed by atoms with E-state index in [2.05, 4.69) is 26.0 Å². The number of aryl methyl sites for hydroxylation is 2. The van der Waals surface area contributed by atoms with E-state index in [0.717, 1.165) is 59.3 Å². The number of likely N-dealkylation sites (tertiary alicyclic amines) is 1. The summed E-state index contributed by atoms with van der Waals surface area (Å²) in [5.74, 6) is -0.546. The first kappa shape index (κ1) is 21.4. The summed E-state index contributed by atoms with van der Waals surface area (Å²) in [5.41, 5.74) is 4.15.